The molecule has 0 N–H and O–H groups in total. The molecule has 0 unspecified atom stereocenters. The number of halogens is 2. The first-order valence-corrected chi connectivity index (χ1v) is 2.82. The second-order valence-electron chi connectivity index (χ2n) is 2.31. The fourth-order valence-corrected chi connectivity index (χ4v) is 0.271. The smallest absolute Gasteiger partial charge is 0.192 e. The van der Waals surface area contributed by atoms with Gasteiger partial charge in [0.1, 0.15) is 0 Å². The number of alkyl halides is 2. The van der Waals surface area contributed by atoms with Crippen molar-refractivity contribution >= 4 is 0 Å². The van der Waals surface area contributed by atoms with Gasteiger partial charge in [-0.1, -0.05) is 19.8 Å². The lowest BCUT2D eigenvalue weighted by atomic mass is 10.2. The summed E-state index contributed by atoms with van der Waals surface area (Å²) in [7, 11) is 0. The van der Waals surface area contributed by atoms with E-state index in [0.717, 1.165) is 6.92 Å². The Morgan fingerprint density at radius 3 is 1.89 bits per heavy atom. The molecule has 0 radical (unpaired) electrons. The van der Waals surface area contributed by atoms with Crippen LogP contribution in [0.2, 0.25) is 0 Å². The lowest BCUT2D eigenvalue weighted by Gasteiger charge is -1.97. The minimum atomic E-state index is -2.83. The monoisotopic (exact) mass is 132 g/mol. The highest BCUT2D eigenvalue weighted by atomic mass is 19.3. The molecule has 52 valence electrons. The zero-order valence-electron chi connectivity index (χ0n) is 5.83. The molecular formula is C7H10F2. The maximum Gasteiger partial charge on any atom is 0.305 e. The number of rotatable bonds is 0. The van der Waals surface area contributed by atoms with E-state index in [1.165, 1.54) is 0 Å². The molecule has 0 saturated carbocycles. The van der Waals surface area contributed by atoms with E-state index in [4.69, 9.17) is 0 Å². The highest BCUT2D eigenvalue weighted by molar-refractivity contribution is 5.08. The van der Waals surface area contributed by atoms with Gasteiger partial charge >= 0.3 is 5.92 Å². The fourth-order valence-electron chi connectivity index (χ4n) is 0.271. The van der Waals surface area contributed by atoms with Gasteiger partial charge in [0.15, 0.2) is 0 Å². The molecule has 0 fully saturated rings. The highest BCUT2D eigenvalue weighted by Crippen LogP contribution is 2.08. The van der Waals surface area contributed by atoms with Gasteiger partial charge in [-0.15, -0.1) is 0 Å². The summed E-state index contributed by atoms with van der Waals surface area (Å²) in [5.41, 5.74) is 0. The molecule has 0 amide bonds. The van der Waals surface area contributed by atoms with Crippen LogP contribution in [-0.2, 0) is 0 Å². The van der Waals surface area contributed by atoms with Gasteiger partial charge in [0.05, 0.1) is 0 Å². The van der Waals surface area contributed by atoms with Crippen molar-refractivity contribution in [3.63, 3.8) is 0 Å². The summed E-state index contributed by atoms with van der Waals surface area (Å²) in [5.74, 6) is 1.42. The van der Waals surface area contributed by atoms with Crippen LogP contribution < -0.4 is 0 Å². The Hall–Kier alpha value is -0.580. The van der Waals surface area contributed by atoms with Gasteiger partial charge in [0.25, 0.3) is 0 Å². The van der Waals surface area contributed by atoms with E-state index in [2.05, 4.69) is 5.92 Å². The predicted octanol–water partition coefficient (Wildman–Crippen LogP) is 2.30. The third kappa shape index (κ3) is 7.42. The normalized spacial score (nSPS) is 10.9. The fraction of sp³-hybridized carbons (Fsp3) is 0.714. The van der Waals surface area contributed by atoms with Crippen LogP contribution in [-0.4, -0.2) is 5.92 Å². The molecule has 0 nitrogen and oxygen atoms in total. The van der Waals surface area contributed by atoms with Gasteiger partial charge < -0.3 is 0 Å². The predicted molar refractivity (Wildman–Crippen MR) is 33.2 cm³/mol. The van der Waals surface area contributed by atoms with Crippen LogP contribution >= 0.6 is 0 Å². The topological polar surface area (TPSA) is 0 Å². The zero-order valence-corrected chi connectivity index (χ0v) is 5.83. The summed E-state index contributed by atoms with van der Waals surface area (Å²) in [6.07, 6.45) is 0. The number of hydrogen-bond donors (Lipinski definition) is 0. The van der Waals surface area contributed by atoms with Crippen molar-refractivity contribution in [2.24, 2.45) is 5.92 Å². The first-order valence-electron chi connectivity index (χ1n) is 2.82. The van der Waals surface area contributed by atoms with Crippen LogP contribution in [0.25, 0.3) is 0 Å². The molecule has 0 heterocycles. The summed E-state index contributed by atoms with van der Waals surface area (Å²) in [6, 6.07) is 0. The third-order valence-electron chi connectivity index (χ3n) is 0.580. The lowest BCUT2D eigenvalue weighted by molar-refractivity contribution is 0.0887. The van der Waals surface area contributed by atoms with Crippen molar-refractivity contribution in [2.75, 3.05) is 0 Å². The number of hydrogen-bond acceptors (Lipinski definition) is 0. The minimum absolute atomic E-state index is 0.0239. The van der Waals surface area contributed by atoms with Crippen molar-refractivity contribution in [3.05, 3.63) is 0 Å². The zero-order chi connectivity index (χ0) is 7.49. The summed E-state index contributed by atoms with van der Waals surface area (Å²) in [6.45, 7) is 4.35. The summed E-state index contributed by atoms with van der Waals surface area (Å²) < 4.78 is 23.8. The molecule has 0 aromatic rings. The maximum atomic E-state index is 11.9. The molecule has 0 aliphatic rings. The van der Waals surface area contributed by atoms with Gasteiger partial charge in [0, 0.05) is 12.8 Å². The molecule has 0 rings (SSSR count). The van der Waals surface area contributed by atoms with Crippen molar-refractivity contribution in [1.82, 2.24) is 0 Å². The van der Waals surface area contributed by atoms with Crippen LogP contribution in [0.15, 0.2) is 0 Å². The van der Waals surface area contributed by atoms with Crippen molar-refractivity contribution in [3.8, 4) is 11.8 Å². The molecule has 0 aliphatic carbocycles. The van der Waals surface area contributed by atoms with Crippen LogP contribution in [0.3, 0.4) is 0 Å². The third-order valence-corrected chi connectivity index (χ3v) is 0.580. The summed E-state index contributed by atoms with van der Waals surface area (Å²) in [5, 5.41) is 0. The van der Waals surface area contributed by atoms with E-state index in [9.17, 15) is 8.78 Å². The van der Waals surface area contributed by atoms with Gasteiger partial charge in [-0.2, -0.15) is 8.78 Å². The van der Waals surface area contributed by atoms with Gasteiger partial charge in [-0.3, -0.25) is 0 Å². The highest BCUT2D eigenvalue weighted by Gasteiger charge is 2.15. The van der Waals surface area contributed by atoms with Crippen LogP contribution in [0.1, 0.15) is 20.8 Å². The van der Waals surface area contributed by atoms with Crippen molar-refractivity contribution in [2.45, 2.75) is 26.7 Å². The van der Waals surface area contributed by atoms with E-state index >= 15 is 0 Å². The van der Waals surface area contributed by atoms with E-state index in [-0.39, 0.29) is 5.92 Å². The Labute approximate surface area is 54.3 Å². The molecule has 0 saturated heterocycles. The van der Waals surface area contributed by atoms with E-state index < -0.39 is 5.92 Å². The van der Waals surface area contributed by atoms with Gasteiger partial charge in [-0.05, 0) is 5.92 Å². The Morgan fingerprint density at radius 2 is 1.78 bits per heavy atom. The van der Waals surface area contributed by atoms with Crippen LogP contribution in [0, 0.1) is 17.8 Å². The van der Waals surface area contributed by atoms with Crippen LogP contribution in [0.4, 0.5) is 8.78 Å². The molecule has 0 spiro atoms. The van der Waals surface area contributed by atoms with E-state index in [1.54, 1.807) is 13.8 Å². The molecule has 2 heteroatoms. The quantitative estimate of drug-likeness (QED) is 0.443. The van der Waals surface area contributed by atoms with Gasteiger partial charge in [0.2, 0.25) is 0 Å². The molecule has 0 atom stereocenters. The average molecular weight is 132 g/mol. The molecule has 0 bridgehead atoms. The largest absolute Gasteiger partial charge is 0.305 e. The second kappa shape index (κ2) is 2.82. The Morgan fingerprint density at radius 1 is 1.33 bits per heavy atom. The molecule has 9 heavy (non-hydrogen) atoms. The Kier molecular flexibility index (Phi) is 2.64. The molecular weight excluding hydrogens is 122 g/mol. The standard InChI is InChI=1S/C7H10F2/c1-6(2)4-5-7(3,8)9/h6H,1-3H3. The van der Waals surface area contributed by atoms with Crippen molar-refractivity contribution < 1.29 is 8.78 Å². The minimum Gasteiger partial charge on any atom is -0.192 e. The average Bonchev–Trinajstić information content (AvgIpc) is 1.59. The molecule has 0 aliphatic heterocycles. The molecule has 0 aromatic carbocycles. The first-order chi connectivity index (χ1) is 3.92. The SMILES string of the molecule is CC(C)C#CC(C)(F)F. The second-order valence-corrected chi connectivity index (χ2v) is 2.31. The lowest BCUT2D eigenvalue weighted by Crippen LogP contribution is -2.04. The Balaban J connectivity index is 3.88. The van der Waals surface area contributed by atoms with Crippen LogP contribution in [0.5, 0.6) is 0 Å². The van der Waals surface area contributed by atoms with Crippen molar-refractivity contribution in [1.29, 1.82) is 0 Å². The molecule has 0 aromatic heterocycles. The Bertz CT molecular complexity index is 131. The summed E-state index contributed by atoms with van der Waals surface area (Å²) in [4.78, 5) is 0. The summed E-state index contributed by atoms with van der Waals surface area (Å²) >= 11 is 0. The van der Waals surface area contributed by atoms with E-state index in [1.807, 2.05) is 5.92 Å². The van der Waals surface area contributed by atoms with Gasteiger partial charge in [-0.25, -0.2) is 0 Å². The maximum absolute atomic E-state index is 11.9. The first kappa shape index (κ1) is 8.42. The van der Waals surface area contributed by atoms with E-state index in [0.29, 0.717) is 0 Å².